The van der Waals surface area contributed by atoms with Crippen LogP contribution in [0.4, 0.5) is 5.69 Å². The molecule has 5 atom stereocenters. The van der Waals surface area contributed by atoms with E-state index in [0.717, 1.165) is 22.0 Å². The number of nitrogens with zero attached hydrogens (tertiary/aromatic N) is 1. The first-order valence-corrected chi connectivity index (χ1v) is 9.47. The summed E-state index contributed by atoms with van der Waals surface area (Å²) in [6.07, 6.45) is 3.57. The second kappa shape index (κ2) is 5.79. The molecule has 2 bridgehead atoms. The Balaban J connectivity index is 1.71. The molecule has 2 fully saturated rings. The van der Waals surface area contributed by atoms with Crippen molar-refractivity contribution in [3.05, 3.63) is 66.8 Å². The number of anilines is 1. The van der Waals surface area contributed by atoms with Crippen LogP contribution in [0.15, 0.2) is 66.8 Å². The third-order valence-electron chi connectivity index (χ3n) is 6.26. The van der Waals surface area contributed by atoms with Gasteiger partial charge in [-0.25, -0.2) is 0 Å². The fourth-order valence-electron chi connectivity index (χ4n) is 5.20. The molecule has 3 aliphatic rings. The van der Waals surface area contributed by atoms with E-state index in [1.165, 1.54) is 0 Å². The summed E-state index contributed by atoms with van der Waals surface area (Å²) in [6, 6.07) is 13.3. The summed E-state index contributed by atoms with van der Waals surface area (Å²) in [6.45, 7) is 5.95. The highest BCUT2D eigenvalue weighted by Gasteiger charge is 2.69. The normalized spacial score (nSPS) is 32.9. The molecule has 1 spiro atoms. The fraction of sp³-hybridized carbons (Fsp3) is 0.304. The maximum Gasteiger partial charge on any atom is 0.234 e. The molecule has 142 valence electrons. The van der Waals surface area contributed by atoms with Crippen molar-refractivity contribution in [1.82, 2.24) is 0 Å². The van der Waals surface area contributed by atoms with E-state index in [2.05, 4.69) is 6.58 Å². The van der Waals surface area contributed by atoms with E-state index in [1.807, 2.05) is 55.5 Å². The molecular formula is C23H20NO4-. The molecular weight excluding hydrogens is 354 g/mol. The molecule has 28 heavy (non-hydrogen) atoms. The number of hydrogen-bond donors (Lipinski definition) is 0. The van der Waals surface area contributed by atoms with Crippen molar-refractivity contribution in [3.8, 4) is 0 Å². The molecule has 0 aromatic heterocycles. The third kappa shape index (κ3) is 2.11. The van der Waals surface area contributed by atoms with Crippen LogP contribution < -0.4 is 10.0 Å². The van der Waals surface area contributed by atoms with Crippen LogP contribution in [-0.2, 0) is 14.3 Å². The summed E-state index contributed by atoms with van der Waals surface area (Å²) >= 11 is 0. The summed E-state index contributed by atoms with van der Waals surface area (Å²) in [4.78, 5) is 27.2. The average Bonchev–Trinajstić information content (AvgIpc) is 3.30. The van der Waals surface area contributed by atoms with Crippen LogP contribution >= 0.6 is 0 Å². The Bertz CT molecular complexity index is 1050. The van der Waals surface area contributed by atoms with Crippen molar-refractivity contribution in [2.75, 3.05) is 4.90 Å². The summed E-state index contributed by atoms with van der Waals surface area (Å²) < 4.78 is 6.17. The number of rotatable bonds is 4. The molecule has 0 N–H and O–H groups in total. The van der Waals surface area contributed by atoms with E-state index >= 15 is 0 Å². The number of carboxylic acids is 1. The number of fused-ring (bicyclic) bond motifs is 2. The van der Waals surface area contributed by atoms with Crippen molar-refractivity contribution in [1.29, 1.82) is 0 Å². The highest BCUT2D eigenvalue weighted by atomic mass is 16.5. The summed E-state index contributed by atoms with van der Waals surface area (Å²) in [7, 11) is 0. The Morgan fingerprint density at radius 2 is 2.00 bits per heavy atom. The number of benzene rings is 2. The van der Waals surface area contributed by atoms with E-state index < -0.39 is 29.5 Å². The van der Waals surface area contributed by atoms with Gasteiger partial charge in [-0.3, -0.25) is 4.79 Å². The molecule has 0 aliphatic carbocycles. The van der Waals surface area contributed by atoms with Gasteiger partial charge in [0.2, 0.25) is 5.91 Å². The zero-order valence-electron chi connectivity index (χ0n) is 15.5. The lowest BCUT2D eigenvalue weighted by atomic mass is 9.74. The van der Waals surface area contributed by atoms with Gasteiger partial charge in [-0.1, -0.05) is 54.1 Å². The number of amides is 1. The van der Waals surface area contributed by atoms with E-state index in [-0.39, 0.29) is 11.9 Å². The Hall–Kier alpha value is -2.92. The quantitative estimate of drug-likeness (QED) is 0.770. The number of hydrogen-bond acceptors (Lipinski definition) is 4. The molecule has 2 aromatic carbocycles. The zero-order chi connectivity index (χ0) is 19.6. The lowest BCUT2D eigenvalue weighted by molar-refractivity contribution is -0.313. The van der Waals surface area contributed by atoms with Crippen LogP contribution in [0.3, 0.4) is 0 Å². The first kappa shape index (κ1) is 17.2. The molecule has 0 radical (unpaired) electrons. The lowest BCUT2D eigenvalue weighted by Crippen LogP contribution is -2.46. The zero-order valence-corrected chi connectivity index (χ0v) is 15.5. The highest BCUT2D eigenvalue weighted by molar-refractivity contribution is 6.09. The van der Waals surface area contributed by atoms with Gasteiger partial charge >= 0.3 is 0 Å². The minimum absolute atomic E-state index is 0.219. The molecule has 3 heterocycles. The predicted molar refractivity (Wildman–Crippen MR) is 103 cm³/mol. The average molecular weight is 374 g/mol. The Morgan fingerprint density at radius 3 is 2.75 bits per heavy atom. The van der Waals surface area contributed by atoms with Gasteiger partial charge in [0.25, 0.3) is 0 Å². The molecule has 5 nitrogen and oxygen atoms in total. The number of carbonyl (C=O) groups excluding carboxylic acids is 2. The highest BCUT2D eigenvalue weighted by Crippen LogP contribution is 2.57. The smallest absolute Gasteiger partial charge is 0.234 e. The van der Waals surface area contributed by atoms with Gasteiger partial charge in [0.15, 0.2) is 0 Å². The predicted octanol–water partition coefficient (Wildman–Crippen LogP) is 2.21. The monoisotopic (exact) mass is 374 g/mol. The second-order valence-corrected chi connectivity index (χ2v) is 8.00. The molecule has 3 aliphatic heterocycles. The molecule has 1 amide bonds. The van der Waals surface area contributed by atoms with E-state index in [4.69, 9.17) is 4.74 Å². The molecule has 5 heteroatoms. The fourth-order valence-corrected chi connectivity index (χ4v) is 5.20. The van der Waals surface area contributed by atoms with Crippen molar-refractivity contribution in [2.45, 2.75) is 31.1 Å². The summed E-state index contributed by atoms with van der Waals surface area (Å²) in [5, 5.41) is 13.8. The van der Waals surface area contributed by atoms with Crippen LogP contribution in [-0.4, -0.2) is 29.6 Å². The van der Waals surface area contributed by atoms with Gasteiger partial charge in [-0.2, -0.15) is 0 Å². The Morgan fingerprint density at radius 1 is 1.25 bits per heavy atom. The number of carbonyl (C=O) groups is 2. The van der Waals surface area contributed by atoms with Gasteiger partial charge < -0.3 is 19.5 Å². The van der Waals surface area contributed by atoms with Gasteiger partial charge in [0, 0.05) is 17.3 Å². The van der Waals surface area contributed by atoms with Gasteiger partial charge in [-0.15, -0.1) is 6.58 Å². The van der Waals surface area contributed by atoms with E-state index in [0.29, 0.717) is 6.42 Å². The third-order valence-corrected chi connectivity index (χ3v) is 6.26. The van der Waals surface area contributed by atoms with Crippen LogP contribution in [0.5, 0.6) is 0 Å². The summed E-state index contributed by atoms with van der Waals surface area (Å²) in [5.74, 6) is -3.20. The molecule has 0 unspecified atom stereocenters. The van der Waals surface area contributed by atoms with Crippen molar-refractivity contribution in [2.24, 2.45) is 11.8 Å². The van der Waals surface area contributed by atoms with Crippen LogP contribution in [0.1, 0.15) is 13.3 Å². The first-order valence-electron chi connectivity index (χ1n) is 9.47. The van der Waals surface area contributed by atoms with Crippen molar-refractivity contribution in [3.63, 3.8) is 0 Å². The van der Waals surface area contributed by atoms with Crippen LogP contribution in [0.2, 0.25) is 0 Å². The van der Waals surface area contributed by atoms with Crippen molar-refractivity contribution >= 4 is 28.3 Å². The van der Waals surface area contributed by atoms with E-state index in [9.17, 15) is 14.7 Å². The molecule has 2 saturated heterocycles. The lowest BCUT2D eigenvalue weighted by Gasteiger charge is -2.34. The van der Waals surface area contributed by atoms with Crippen molar-refractivity contribution < 1.29 is 19.4 Å². The molecule has 5 rings (SSSR count). The maximum absolute atomic E-state index is 13.6. The molecule has 0 saturated carbocycles. The van der Waals surface area contributed by atoms with Gasteiger partial charge in [-0.05, 0) is 24.8 Å². The topological polar surface area (TPSA) is 69.7 Å². The van der Waals surface area contributed by atoms with Gasteiger partial charge in [0.05, 0.1) is 23.8 Å². The maximum atomic E-state index is 13.6. The Labute approximate surface area is 162 Å². The SMILES string of the molecule is C=C(C)C[C@H]1N(c2cccc3ccccc23)C(=O)[C@H]2[C@@H](C(=O)[O-])[C@@H]3C=C[C@]21O3. The molecule has 2 aromatic rings. The standard InChI is InChI=1S/C23H21NO4/c1-13(2)12-18-23-11-10-17(28-23)19(22(26)27)20(23)21(25)24(18)16-9-5-7-14-6-3-4-8-15(14)16/h3-11,17-20H,1,12H2,2H3,(H,26,27)/p-1/t17-,18+,19-,20+,23+/m0/s1. The minimum atomic E-state index is -1.23. The second-order valence-electron chi connectivity index (χ2n) is 8.00. The number of aliphatic carboxylic acids is 1. The first-order chi connectivity index (χ1) is 13.4. The van der Waals surface area contributed by atoms with E-state index in [1.54, 1.807) is 11.0 Å². The van der Waals surface area contributed by atoms with Crippen LogP contribution in [0, 0.1) is 11.8 Å². The number of carboxylic acid groups (broad SMARTS) is 1. The largest absolute Gasteiger partial charge is 0.550 e. The van der Waals surface area contributed by atoms with Gasteiger partial charge in [0.1, 0.15) is 5.60 Å². The Kier molecular flexibility index (Phi) is 3.55. The number of ether oxygens (including phenoxy) is 1. The minimum Gasteiger partial charge on any atom is -0.550 e. The summed E-state index contributed by atoms with van der Waals surface area (Å²) in [5.41, 5.74) is 0.730. The van der Waals surface area contributed by atoms with Crippen LogP contribution in [0.25, 0.3) is 10.8 Å².